The number of nitrogens with zero attached hydrogens (tertiary/aromatic N) is 4. The van der Waals surface area contributed by atoms with Gasteiger partial charge in [-0.3, -0.25) is 4.90 Å². The van der Waals surface area contributed by atoms with Crippen molar-refractivity contribution >= 4 is 17.4 Å². The van der Waals surface area contributed by atoms with E-state index in [-0.39, 0.29) is 6.10 Å². The minimum absolute atomic E-state index is 0.214. The molecule has 0 bridgehead atoms. The molecule has 1 saturated heterocycles. The number of benzene rings is 1. The van der Waals surface area contributed by atoms with E-state index in [9.17, 15) is 4.91 Å². The first-order chi connectivity index (χ1) is 15.5. The number of allylic oxidation sites excluding steroid dienone is 3. The van der Waals surface area contributed by atoms with Gasteiger partial charge in [0.25, 0.3) is 0 Å². The molecule has 32 heavy (non-hydrogen) atoms. The van der Waals surface area contributed by atoms with E-state index in [1.165, 1.54) is 6.20 Å². The third-order valence-corrected chi connectivity index (χ3v) is 5.61. The molecule has 1 aromatic carbocycles. The lowest BCUT2D eigenvalue weighted by Crippen LogP contribution is -2.24. The summed E-state index contributed by atoms with van der Waals surface area (Å²) in [5, 5.41) is 6.31. The van der Waals surface area contributed by atoms with Crippen LogP contribution in [0.15, 0.2) is 75.7 Å². The van der Waals surface area contributed by atoms with Gasteiger partial charge in [-0.05, 0) is 56.5 Å². The zero-order valence-corrected chi connectivity index (χ0v) is 19.3. The molecule has 0 aromatic heterocycles. The monoisotopic (exact) mass is 435 g/mol. The number of guanidine groups is 1. The highest BCUT2D eigenvalue weighted by Gasteiger charge is 2.25. The summed E-state index contributed by atoms with van der Waals surface area (Å²) < 4.78 is 6.34. The summed E-state index contributed by atoms with van der Waals surface area (Å²) in [5.74, 6) is 1.31. The highest BCUT2D eigenvalue weighted by atomic mass is 16.5. The maximum absolute atomic E-state index is 10.9. The zero-order chi connectivity index (χ0) is 22.9. The average molecular weight is 436 g/mol. The van der Waals surface area contributed by atoms with Crippen LogP contribution in [0.4, 0.5) is 5.69 Å². The van der Waals surface area contributed by atoms with Crippen molar-refractivity contribution in [2.75, 3.05) is 25.0 Å². The molecule has 1 aliphatic carbocycles. The van der Waals surface area contributed by atoms with Crippen LogP contribution in [0.25, 0.3) is 0 Å². The van der Waals surface area contributed by atoms with E-state index in [1.54, 1.807) is 6.92 Å². The molecule has 0 saturated carbocycles. The van der Waals surface area contributed by atoms with Crippen LogP contribution in [0.2, 0.25) is 0 Å². The number of hydrogen-bond acceptors (Lipinski definition) is 5. The Morgan fingerprint density at radius 2 is 2.28 bits per heavy atom. The molecule has 0 amide bonds. The Bertz CT molecular complexity index is 947. The van der Waals surface area contributed by atoms with Crippen molar-refractivity contribution in [1.82, 2.24) is 4.90 Å². The molecule has 2 atom stereocenters. The number of rotatable bonds is 8. The minimum Gasteiger partial charge on any atom is -0.489 e. The maximum Gasteiger partial charge on any atom is 0.227 e. The van der Waals surface area contributed by atoms with Crippen molar-refractivity contribution in [1.29, 1.82) is 0 Å². The first-order valence-electron chi connectivity index (χ1n) is 11.3. The van der Waals surface area contributed by atoms with Gasteiger partial charge in [-0.25, -0.2) is 9.98 Å². The molecule has 7 heteroatoms. The quantitative estimate of drug-likeness (QED) is 0.327. The fourth-order valence-electron chi connectivity index (χ4n) is 3.86. The molecule has 1 heterocycles. The van der Waals surface area contributed by atoms with Crippen molar-refractivity contribution in [3.63, 3.8) is 0 Å². The van der Waals surface area contributed by atoms with E-state index in [4.69, 9.17) is 9.73 Å². The second-order valence-electron chi connectivity index (χ2n) is 8.20. The van der Waals surface area contributed by atoms with E-state index in [1.807, 2.05) is 30.3 Å². The van der Waals surface area contributed by atoms with Crippen LogP contribution in [0.1, 0.15) is 51.6 Å². The molecule has 0 radical (unpaired) electrons. The van der Waals surface area contributed by atoms with E-state index < -0.39 is 6.04 Å². The number of likely N-dealkylation sites (tertiary alicyclic amines) is 1. The summed E-state index contributed by atoms with van der Waals surface area (Å²) in [4.78, 5) is 22.3. The van der Waals surface area contributed by atoms with Crippen molar-refractivity contribution in [3.8, 4) is 0 Å². The number of ether oxygens (including phenoxy) is 1. The van der Waals surface area contributed by atoms with Gasteiger partial charge in [0.2, 0.25) is 5.96 Å². The first-order valence-corrected chi connectivity index (χ1v) is 11.3. The fourth-order valence-corrected chi connectivity index (χ4v) is 3.86. The summed E-state index contributed by atoms with van der Waals surface area (Å²) in [7, 11) is 0. The average Bonchev–Trinajstić information content (AvgIpc) is 3.23. The Kier molecular flexibility index (Phi) is 8.50. The Labute approximate surface area is 190 Å². The van der Waals surface area contributed by atoms with Crippen molar-refractivity contribution in [2.24, 2.45) is 15.2 Å². The predicted octanol–water partition coefficient (Wildman–Crippen LogP) is 5.60. The molecule has 7 nitrogen and oxygen atoms in total. The molecule has 2 aliphatic rings. The van der Waals surface area contributed by atoms with E-state index in [2.05, 4.69) is 46.9 Å². The van der Waals surface area contributed by atoms with Crippen LogP contribution in [-0.2, 0) is 4.74 Å². The van der Waals surface area contributed by atoms with Crippen LogP contribution in [0, 0.1) is 4.91 Å². The topological polar surface area (TPSA) is 78.7 Å². The second kappa shape index (κ2) is 11.5. The molecular formula is C25H33N5O2. The Morgan fingerprint density at radius 3 is 3.03 bits per heavy atom. The van der Waals surface area contributed by atoms with Gasteiger partial charge in [0.1, 0.15) is 17.9 Å². The van der Waals surface area contributed by atoms with Gasteiger partial charge < -0.3 is 10.1 Å². The standard InChI is InChI=1S/C25H33N5O2/c1-5-13-30-14-12-23(17-30)32-24-16-22(11-10-18(24)3)28-25(26-6-2)27-21-9-7-8-20(15-21)19(4)29-31/h6-10,15-16,19,23H,2,5,11-14,17H2,1,3-4H3,(H,26,27)/t19?,23-/m1/s1. The van der Waals surface area contributed by atoms with Crippen molar-refractivity contribution in [2.45, 2.75) is 52.2 Å². The normalized spacial score (nSPS) is 21.7. The number of nitrogens with one attached hydrogen (secondary N) is 1. The van der Waals surface area contributed by atoms with Gasteiger partial charge in [-0.1, -0.05) is 36.9 Å². The summed E-state index contributed by atoms with van der Waals surface area (Å²) in [6.45, 7) is 12.9. The smallest absolute Gasteiger partial charge is 0.227 e. The number of anilines is 1. The molecule has 3 rings (SSSR count). The van der Waals surface area contributed by atoms with Gasteiger partial charge in [-0.2, -0.15) is 4.91 Å². The van der Waals surface area contributed by atoms with Gasteiger partial charge in [-0.15, -0.1) is 0 Å². The largest absolute Gasteiger partial charge is 0.489 e. The summed E-state index contributed by atoms with van der Waals surface area (Å²) in [5.41, 5.74) is 3.61. The SMILES string of the molecule is C=CN=C(N=C1C=C(O[C@@H]2CCN(CCC)C2)C(C)=CC1)Nc1cccc(C(C)N=O)c1. The minimum atomic E-state index is -0.416. The van der Waals surface area contributed by atoms with E-state index in [0.29, 0.717) is 12.4 Å². The molecule has 170 valence electrons. The Morgan fingerprint density at radius 1 is 1.44 bits per heavy atom. The molecular weight excluding hydrogens is 402 g/mol. The van der Waals surface area contributed by atoms with E-state index >= 15 is 0 Å². The summed E-state index contributed by atoms with van der Waals surface area (Å²) in [6, 6.07) is 7.11. The lowest BCUT2D eigenvalue weighted by molar-refractivity contribution is 0.126. The number of nitroso groups, excluding NO2 is 1. The fraction of sp³-hybridized carbons (Fsp3) is 0.440. The summed E-state index contributed by atoms with van der Waals surface area (Å²) in [6.07, 6.45) is 8.73. The maximum atomic E-state index is 10.9. The first kappa shape index (κ1) is 23.6. The Hall–Kier alpha value is -3.06. The summed E-state index contributed by atoms with van der Waals surface area (Å²) >= 11 is 0. The zero-order valence-electron chi connectivity index (χ0n) is 19.3. The van der Waals surface area contributed by atoms with Gasteiger partial charge in [0.15, 0.2) is 0 Å². The third-order valence-electron chi connectivity index (χ3n) is 5.61. The highest BCUT2D eigenvalue weighted by Crippen LogP contribution is 2.24. The molecule has 1 aromatic rings. The lowest BCUT2D eigenvalue weighted by Gasteiger charge is -2.21. The molecule has 1 unspecified atom stereocenters. The van der Waals surface area contributed by atoms with Crippen molar-refractivity contribution in [3.05, 3.63) is 71.0 Å². The van der Waals surface area contributed by atoms with Crippen LogP contribution in [0.5, 0.6) is 0 Å². The number of hydrogen-bond donors (Lipinski definition) is 1. The second-order valence-corrected chi connectivity index (χ2v) is 8.20. The highest BCUT2D eigenvalue weighted by molar-refractivity contribution is 6.09. The van der Waals surface area contributed by atoms with E-state index in [0.717, 1.165) is 60.8 Å². The molecule has 1 N–H and O–H groups in total. The lowest BCUT2D eigenvalue weighted by atomic mass is 10.0. The molecule has 1 aliphatic heterocycles. The Balaban J connectivity index is 1.73. The van der Waals surface area contributed by atoms with Gasteiger partial charge >= 0.3 is 0 Å². The van der Waals surface area contributed by atoms with Crippen molar-refractivity contribution < 1.29 is 4.74 Å². The predicted molar refractivity (Wildman–Crippen MR) is 132 cm³/mol. The third kappa shape index (κ3) is 6.47. The van der Waals surface area contributed by atoms with Crippen LogP contribution in [-0.4, -0.2) is 42.3 Å². The van der Waals surface area contributed by atoms with Gasteiger partial charge in [0.05, 0.1) is 5.71 Å². The van der Waals surface area contributed by atoms with Crippen LogP contribution >= 0.6 is 0 Å². The van der Waals surface area contributed by atoms with Crippen LogP contribution < -0.4 is 5.32 Å². The van der Waals surface area contributed by atoms with Gasteiger partial charge in [0, 0.05) is 37.5 Å². The molecule has 0 spiro atoms. The number of aliphatic imine (C=N–C) groups is 2. The molecule has 1 fully saturated rings. The van der Waals surface area contributed by atoms with Crippen LogP contribution in [0.3, 0.4) is 0 Å².